The third-order valence-electron chi connectivity index (χ3n) is 3.70. The second-order valence-electron chi connectivity index (χ2n) is 6.02. The number of nitrogens with one attached hydrogen (secondary N) is 1. The van der Waals surface area contributed by atoms with Crippen molar-refractivity contribution in [1.29, 1.82) is 0 Å². The number of thiophene rings is 1. The van der Waals surface area contributed by atoms with Gasteiger partial charge < -0.3 is 15.8 Å². The van der Waals surface area contributed by atoms with Crippen LogP contribution in [0.3, 0.4) is 0 Å². The van der Waals surface area contributed by atoms with Crippen molar-refractivity contribution >= 4 is 49.8 Å². The zero-order valence-electron chi connectivity index (χ0n) is 14.1. The fourth-order valence-electron chi connectivity index (χ4n) is 2.59. The quantitative estimate of drug-likeness (QED) is 0.676. The highest BCUT2D eigenvalue weighted by atomic mass is 32.1. The zero-order chi connectivity index (χ0) is 17.3. The number of carbonyl (C=O) groups is 1. The van der Waals surface area contributed by atoms with Crippen LogP contribution in [0.25, 0.3) is 21.0 Å². The van der Waals surface area contributed by atoms with Crippen molar-refractivity contribution in [2.75, 3.05) is 24.2 Å². The van der Waals surface area contributed by atoms with Gasteiger partial charge in [0.1, 0.15) is 10.7 Å². The molecule has 0 fully saturated rings. The van der Waals surface area contributed by atoms with Crippen LogP contribution < -0.4 is 11.1 Å². The minimum atomic E-state index is -0.380. The number of hydrogen-bond donors (Lipinski definition) is 2. The van der Waals surface area contributed by atoms with E-state index in [0.29, 0.717) is 23.1 Å². The van der Waals surface area contributed by atoms with E-state index in [-0.39, 0.29) is 5.97 Å². The van der Waals surface area contributed by atoms with Crippen LogP contribution in [0.4, 0.5) is 11.5 Å². The number of para-hydroxylation sites is 1. The summed E-state index contributed by atoms with van der Waals surface area (Å²) in [4.78, 5) is 17.4. The summed E-state index contributed by atoms with van der Waals surface area (Å²) in [6.45, 7) is 7.15. The van der Waals surface area contributed by atoms with E-state index in [1.807, 2.05) is 24.3 Å². The second-order valence-corrected chi connectivity index (χ2v) is 7.04. The van der Waals surface area contributed by atoms with Crippen molar-refractivity contribution in [3.05, 3.63) is 29.1 Å². The first kappa shape index (κ1) is 16.5. The number of esters is 1. The van der Waals surface area contributed by atoms with Gasteiger partial charge in [0.25, 0.3) is 0 Å². The number of rotatable bonds is 5. The predicted molar refractivity (Wildman–Crippen MR) is 101 cm³/mol. The number of pyridine rings is 1. The molecule has 3 rings (SSSR count). The molecule has 0 saturated heterocycles. The molecule has 2 heterocycles. The van der Waals surface area contributed by atoms with Gasteiger partial charge in [-0.2, -0.15) is 0 Å². The largest absolute Gasteiger partial charge is 0.462 e. The minimum Gasteiger partial charge on any atom is -0.462 e. The maximum Gasteiger partial charge on any atom is 0.350 e. The van der Waals surface area contributed by atoms with Gasteiger partial charge in [0, 0.05) is 11.9 Å². The van der Waals surface area contributed by atoms with Crippen molar-refractivity contribution < 1.29 is 9.53 Å². The van der Waals surface area contributed by atoms with Gasteiger partial charge in [0.2, 0.25) is 0 Å². The number of benzene rings is 1. The maximum atomic E-state index is 12.2. The number of anilines is 2. The monoisotopic (exact) mass is 343 g/mol. The van der Waals surface area contributed by atoms with Crippen molar-refractivity contribution in [1.82, 2.24) is 4.98 Å². The number of aromatic nitrogens is 1. The van der Waals surface area contributed by atoms with Crippen LogP contribution in [0.2, 0.25) is 0 Å². The Kier molecular flexibility index (Phi) is 4.57. The first-order valence-corrected chi connectivity index (χ1v) is 8.86. The first-order chi connectivity index (χ1) is 11.5. The van der Waals surface area contributed by atoms with Crippen molar-refractivity contribution in [2.45, 2.75) is 20.8 Å². The molecule has 1 aromatic carbocycles. The van der Waals surface area contributed by atoms with Crippen molar-refractivity contribution in [3.8, 4) is 0 Å². The van der Waals surface area contributed by atoms with Gasteiger partial charge in [-0.1, -0.05) is 32.0 Å². The first-order valence-electron chi connectivity index (χ1n) is 8.04. The third kappa shape index (κ3) is 2.89. The van der Waals surface area contributed by atoms with Gasteiger partial charge in [-0.3, -0.25) is 0 Å². The van der Waals surface area contributed by atoms with Crippen molar-refractivity contribution in [2.24, 2.45) is 5.92 Å². The standard InChI is InChI=1S/C18H21N3O2S/c1-4-23-18(22)16-14(19)13-15(24-16)11-7-5-6-8-12(11)21-17(13)20-9-10(2)3/h5-8,10H,4,9,19H2,1-3H3,(H,20,21). The Hall–Kier alpha value is -2.34. The molecule has 2 aromatic heterocycles. The fourth-order valence-corrected chi connectivity index (χ4v) is 3.73. The van der Waals surface area contributed by atoms with E-state index in [1.165, 1.54) is 11.3 Å². The average molecular weight is 343 g/mol. The van der Waals surface area contributed by atoms with E-state index in [1.54, 1.807) is 6.92 Å². The number of ether oxygens (including phenoxy) is 1. The van der Waals surface area contributed by atoms with Crippen LogP contribution in [-0.4, -0.2) is 24.1 Å². The molecule has 0 bridgehead atoms. The molecule has 3 aromatic rings. The van der Waals surface area contributed by atoms with Gasteiger partial charge in [0.05, 0.1) is 27.9 Å². The van der Waals surface area contributed by atoms with Gasteiger partial charge in [-0.15, -0.1) is 11.3 Å². The summed E-state index contributed by atoms with van der Waals surface area (Å²) in [7, 11) is 0. The van der Waals surface area contributed by atoms with E-state index in [4.69, 9.17) is 15.5 Å². The van der Waals surface area contributed by atoms with Crippen molar-refractivity contribution in [3.63, 3.8) is 0 Å². The molecule has 126 valence electrons. The second kappa shape index (κ2) is 6.65. The Morgan fingerprint density at radius 2 is 2.12 bits per heavy atom. The Bertz CT molecular complexity index is 902. The van der Waals surface area contributed by atoms with Crippen LogP contribution >= 0.6 is 11.3 Å². The number of nitrogen functional groups attached to an aromatic ring is 1. The molecular formula is C18H21N3O2S. The molecule has 6 heteroatoms. The lowest BCUT2D eigenvalue weighted by Crippen LogP contribution is -2.10. The maximum absolute atomic E-state index is 12.2. The molecule has 0 saturated carbocycles. The topological polar surface area (TPSA) is 77.2 Å². The predicted octanol–water partition coefficient (Wildman–Crippen LogP) is 4.28. The summed E-state index contributed by atoms with van der Waals surface area (Å²) >= 11 is 1.37. The van der Waals surface area contributed by atoms with Crippen LogP contribution in [0.15, 0.2) is 24.3 Å². The van der Waals surface area contributed by atoms with Gasteiger partial charge in [0.15, 0.2) is 0 Å². The normalized spacial score (nSPS) is 11.3. The summed E-state index contributed by atoms with van der Waals surface area (Å²) in [6, 6.07) is 7.89. The number of fused-ring (bicyclic) bond motifs is 3. The smallest absolute Gasteiger partial charge is 0.350 e. The number of nitrogens with two attached hydrogens (primary N) is 1. The highest BCUT2D eigenvalue weighted by Gasteiger charge is 2.22. The van der Waals surface area contributed by atoms with E-state index in [9.17, 15) is 4.79 Å². The molecular weight excluding hydrogens is 322 g/mol. The third-order valence-corrected chi connectivity index (χ3v) is 4.92. The Labute approximate surface area is 144 Å². The van der Waals surface area contributed by atoms with E-state index >= 15 is 0 Å². The number of hydrogen-bond acceptors (Lipinski definition) is 6. The Morgan fingerprint density at radius 3 is 2.83 bits per heavy atom. The number of carbonyl (C=O) groups excluding carboxylic acids is 1. The number of nitrogens with zero attached hydrogens (tertiary/aromatic N) is 1. The zero-order valence-corrected chi connectivity index (χ0v) is 14.9. The molecule has 0 radical (unpaired) electrons. The van der Waals surface area contributed by atoms with Gasteiger partial charge in [-0.05, 0) is 18.9 Å². The SMILES string of the molecule is CCOC(=O)c1sc2c(c(NCC(C)C)nc3ccccc32)c1N. The molecule has 3 N–H and O–H groups in total. The molecule has 0 unspecified atom stereocenters. The van der Waals surface area contributed by atoms with E-state index < -0.39 is 0 Å². The average Bonchev–Trinajstić information content (AvgIpc) is 2.91. The lowest BCUT2D eigenvalue weighted by molar-refractivity contribution is 0.0533. The van der Waals surface area contributed by atoms with E-state index in [2.05, 4.69) is 19.2 Å². The van der Waals surface area contributed by atoms with Gasteiger partial charge >= 0.3 is 5.97 Å². The molecule has 0 spiro atoms. The van der Waals surface area contributed by atoms with Gasteiger partial charge in [-0.25, -0.2) is 9.78 Å². The molecule has 0 aliphatic rings. The molecule has 0 aliphatic carbocycles. The Morgan fingerprint density at radius 1 is 1.38 bits per heavy atom. The molecule has 24 heavy (non-hydrogen) atoms. The highest BCUT2D eigenvalue weighted by molar-refractivity contribution is 7.22. The summed E-state index contributed by atoms with van der Waals surface area (Å²) in [5.41, 5.74) is 7.62. The highest BCUT2D eigenvalue weighted by Crippen LogP contribution is 2.41. The fraction of sp³-hybridized carbons (Fsp3) is 0.333. The summed E-state index contributed by atoms with van der Waals surface area (Å²) in [5.74, 6) is 0.814. The van der Waals surface area contributed by atoms with Crippen LogP contribution in [0, 0.1) is 5.92 Å². The molecule has 5 nitrogen and oxygen atoms in total. The van der Waals surface area contributed by atoms with E-state index in [0.717, 1.165) is 33.4 Å². The van der Waals surface area contributed by atoms with Crippen LogP contribution in [-0.2, 0) is 4.74 Å². The lowest BCUT2D eigenvalue weighted by Gasteiger charge is -2.11. The van der Waals surface area contributed by atoms with Crippen LogP contribution in [0.5, 0.6) is 0 Å². The molecule has 0 aliphatic heterocycles. The summed E-state index contributed by atoms with van der Waals surface area (Å²) < 4.78 is 6.10. The summed E-state index contributed by atoms with van der Waals surface area (Å²) in [6.07, 6.45) is 0. The van der Waals surface area contributed by atoms with Crippen LogP contribution in [0.1, 0.15) is 30.4 Å². The molecule has 0 atom stereocenters. The summed E-state index contributed by atoms with van der Waals surface area (Å²) in [5, 5.41) is 5.17. The minimum absolute atomic E-state index is 0.323. The molecule has 0 amide bonds. The Balaban J connectivity index is 2.26. The lowest BCUT2D eigenvalue weighted by atomic mass is 10.1.